The number of carbonyl (C=O) groups excluding carboxylic acids is 1. The predicted octanol–water partition coefficient (Wildman–Crippen LogP) is 1.82. The van der Waals surface area contributed by atoms with Gasteiger partial charge in [0.25, 0.3) is 5.91 Å². The minimum Gasteiger partial charge on any atom is -0.480 e. The molecule has 1 atom stereocenters. The van der Waals surface area contributed by atoms with Crippen LogP contribution in [0.1, 0.15) is 43.5 Å². The quantitative estimate of drug-likeness (QED) is 0.633. The first-order chi connectivity index (χ1) is 10.8. The summed E-state index contributed by atoms with van der Waals surface area (Å²) < 4.78 is 25.7. The number of hydrogen-bond acceptors (Lipinski definition) is 4. The van der Waals surface area contributed by atoms with E-state index in [0.717, 1.165) is 0 Å². The fraction of sp³-hybridized carbons (Fsp3) is 0.467. The van der Waals surface area contributed by atoms with Crippen molar-refractivity contribution in [3.63, 3.8) is 0 Å². The summed E-state index contributed by atoms with van der Waals surface area (Å²) in [5.74, 6) is -1.56. The fourth-order valence-corrected chi connectivity index (χ4v) is 3.11. The highest BCUT2D eigenvalue weighted by Crippen LogP contribution is 2.12. The van der Waals surface area contributed by atoms with Crippen molar-refractivity contribution in [2.45, 2.75) is 39.2 Å². The van der Waals surface area contributed by atoms with E-state index in [1.807, 2.05) is 6.92 Å². The maximum Gasteiger partial charge on any atom is 0.326 e. The average molecular weight is 342 g/mol. The van der Waals surface area contributed by atoms with Crippen LogP contribution in [0.25, 0.3) is 0 Å². The first-order valence-electron chi connectivity index (χ1n) is 7.43. The van der Waals surface area contributed by atoms with Crippen molar-refractivity contribution >= 4 is 27.6 Å². The lowest BCUT2D eigenvalue weighted by molar-refractivity contribution is -0.139. The number of sulfonamides is 1. The number of anilines is 1. The fourth-order valence-electron chi connectivity index (χ4n) is 1.98. The van der Waals surface area contributed by atoms with Gasteiger partial charge in [0, 0.05) is 11.3 Å². The molecule has 23 heavy (non-hydrogen) atoms. The largest absolute Gasteiger partial charge is 0.480 e. The molecule has 1 amide bonds. The van der Waals surface area contributed by atoms with Gasteiger partial charge < -0.3 is 10.4 Å². The monoisotopic (exact) mass is 342 g/mol. The maximum atomic E-state index is 12.0. The molecule has 1 aromatic carbocycles. The van der Waals surface area contributed by atoms with Crippen molar-refractivity contribution in [2.75, 3.05) is 10.5 Å². The summed E-state index contributed by atoms with van der Waals surface area (Å²) in [5.41, 5.74) is 0.629. The summed E-state index contributed by atoms with van der Waals surface area (Å²) in [6.07, 6.45) is 1.48. The second-order valence-electron chi connectivity index (χ2n) is 5.15. The SMILES string of the molecule is CCCC(NC(=O)c1ccc(NS(=O)(=O)CCC)cc1)C(=O)O. The van der Waals surface area contributed by atoms with Gasteiger partial charge in [-0.3, -0.25) is 9.52 Å². The molecule has 128 valence electrons. The zero-order valence-electron chi connectivity index (χ0n) is 13.2. The lowest BCUT2D eigenvalue weighted by atomic mass is 10.1. The molecule has 0 aromatic heterocycles. The number of carboxylic acid groups (broad SMARTS) is 1. The van der Waals surface area contributed by atoms with Crippen LogP contribution in [0, 0.1) is 0 Å². The molecule has 0 aliphatic carbocycles. The number of rotatable bonds is 9. The third-order valence-corrected chi connectivity index (χ3v) is 4.57. The second-order valence-corrected chi connectivity index (χ2v) is 6.99. The number of hydrogen-bond donors (Lipinski definition) is 3. The van der Waals surface area contributed by atoms with Crippen molar-refractivity contribution in [3.05, 3.63) is 29.8 Å². The minimum absolute atomic E-state index is 0.0204. The topological polar surface area (TPSA) is 113 Å². The Morgan fingerprint density at radius 3 is 2.22 bits per heavy atom. The number of carbonyl (C=O) groups is 2. The highest BCUT2D eigenvalue weighted by atomic mass is 32.2. The Kier molecular flexibility index (Phi) is 7.02. The van der Waals surface area contributed by atoms with Crippen LogP contribution in [0.15, 0.2) is 24.3 Å². The molecular weight excluding hydrogens is 320 g/mol. The van der Waals surface area contributed by atoms with Crippen LogP contribution in [-0.4, -0.2) is 37.2 Å². The lowest BCUT2D eigenvalue weighted by Gasteiger charge is -2.14. The van der Waals surface area contributed by atoms with Gasteiger partial charge in [-0.1, -0.05) is 20.3 Å². The summed E-state index contributed by atoms with van der Waals surface area (Å²) in [6.45, 7) is 3.60. The van der Waals surface area contributed by atoms with Crippen LogP contribution in [-0.2, 0) is 14.8 Å². The van der Waals surface area contributed by atoms with Gasteiger partial charge in [0.15, 0.2) is 0 Å². The van der Waals surface area contributed by atoms with Gasteiger partial charge in [-0.05, 0) is 37.1 Å². The van der Waals surface area contributed by atoms with E-state index in [1.165, 1.54) is 24.3 Å². The molecule has 0 fully saturated rings. The molecule has 0 saturated carbocycles. The maximum absolute atomic E-state index is 12.0. The molecule has 3 N–H and O–H groups in total. The van der Waals surface area contributed by atoms with Crippen LogP contribution in [0.5, 0.6) is 0 Å². The number of carboxylic acids is 1. The van der Waals surface area contributed by atoms with Crippen molar-refractivity contribution < 1.29 is 23.1 Å². The van der Waals surface area contributed by atoms with Crippen LogP contribution in [0.4, 0.5) is 5.69 Å². The van der Waals surface area contributed by atoms with E-state index >= 15 is 0 Å². The Morgan fingerprint density at radius 1 is 1.13 bits per heavy atom. The van der Waals surface area contributed by atoms with Gasteiger partial charge in [0.05, 0.1) is 5.75 Å². The zero-order valence-corrected chi connectivity index (χ0v) is 14.0. The van der Waals surface area contributed by atoms with Gasteiger partial charge in [-0.25, -0.2) is 13.2 Å². The van der Waals surface area contributed by atoms with Crippen molar-refractivity contribution in [2.24, 2.45) is 0 Å². The third-order valence-electron chi connectivity index (χ3n) is 3.07. The summed E-state index contributed by atoms with van der Waals surface area (Å²) in [4.78, 5) is 23.1. The summed E-state index contributed by atoms with van der Waals surface area (Å²) >= 11 is 0. The molecule has 0 aliphatic rings. The lowest BCUT2D eigenvalue weighted by Crippen LogP contribution is -2.40. The normalized spacial score (nSPS) is 12.4. The van der Waals surface area contributed by atoms with Crippen molar-refractivity contribution in [1.82, 2.24) is 5.32 Å². The molecule has 0 radical (unpaired) electrons. The Morgan fingerprint density at radius 2 is 1.74 bits per heavy atom. The smallest absolute Gasteiger partial charge is 0.326 e. The molecule has 7 nitrogen and oxygen atoms in total. The molecule has 1 aromatic rings. The van der Waals surface area contributed by atoms with E-state index in [4.69, 9.17) is 5.11 Å². The predicted molar refractivity (Wildman–Crippen MR) is 87.9 cm³/mol. The molecule has 8 heteroatoms. The first-order valence-corrected chi connectivity index (χ1v) is 9.08. The summed E-state index contributed by atoms with van der Waals surface area (Å²) in [5, 5.41) is 11.5. The van der Waals surface area contributed by atoms with Crippen molar-refractivity contribution in [3.8, 4) is 0 Å². The van der Waals surface area contributed by atoms with Crippen LogP contribution >= 0.6 is 0 Å². The van der Waals surface area contributed by atoms with Gasteiger partial charge in [-0.2, -0.15) is 0 Å². The molecule has 1 rings (SSSR count). The first kappa shape index (κ1) is 19.0. The molecular formula is C15H22N2O5S. The van der Waals surface area contributed by atoms with Crippen LogP contribution in [0.2, 0.25) is 0 Å². The summed E-state index contributed by atoms with van der Waals surface area (Å²) in [6, 6.07) is 4.90. The summed E-state index contributed by atoms with van der Waals surface area (Å²) in [7, 11) is -3.38. The number of aliphatic carboxylic acids is 1. The van der Waals surface area contributed by atoms with Crippen molar-refractivity contribution in [1.29, 1.82) is 0 Å². The number of benzene rings is 1. The average Bonchev–Trinajstić information content (AvgIpc) is 2.46. The standard InChI is InChI=1S/C15H22N2O5S/c1-3-5-13(15(19)20)16-14(18)11-6-8-12(9-7-11)17-23(21,22)10-4-2/h6-9,13,17H,3-5,10H2,1-2H3,(H,16,18)(H,19,20). The van der Waals surface area contributed by atoms with E-state index in [0.29, 0.717) is 24.9 Å². The molecule has 0 saturated heterocycles. The minimum atomic E-state index is -3.38. The van der Waals surface area contributed by atoms with Crippen LogP contribution < -0.4 is 10.0 Å². The highest BCUT2D eigenvalue weighted by Gasteiger charge is 2.19. The van der Waals surface area contributed by atoms with E-state index in [2.05, 4.69) is 10.0 Å². The number of amides is 1. The molecule has 0 spiro atoms. The Bertz CT molecular complexity index is 640. The molecule has 1 unspecified atom stereocenters. The van der Waals surface area contributed by atoms with E-state index in [1.54, 1.807) is 6.92 Å². The van der Waals surface area contributed by atoms with E-state index < -0.39 is 27.9 Å². The molecule has 0 bridgehead atoms. The Hall–Kier alpha value is -2.09. The zero-order chi connectivity index (χ0) is 17.5. The van der Waals surface area contributed by atoms with Gasteiger partial charge in [0.1, 0.15) is 6.04 Å². The Balaban J connectivity index is 2.76. The third kappa shape index (κ3) is 6.27. The molecule has 0 heterocycles. The van der Waals surface area contributed by atoms with Crippen LogP contribution in [0.3, 0.4) is 0 Å². The highest BCUT2D eigenvalue weighted by molar-refractivity contribution is 7.92. The number of nitrogens with one attached hydrogen (secondary N) is 2. The van der Waals surface area contributed by atoms with Gasteiger partial charge in [-0.15, -0.1) is 0 Å². The van der Waals surface area contributed by atoms with Gasteiger partial charge >= 0.3 is 5.97 Å². The second kappa shape index (κ2) is 8.52. The molecule has 0 aliphatic heterocycles. The van der Waals surface area contributed by atoms with E-state index in [9.17, 15) is 18.0 Å². The Labute approximate surface area is 136 Å². The van der Waals surface area contributed by atoms with E-state index in [-0.39, 0.29) is 11.3 Å². The van der Waals surface area contributed by atoms with Gasteiger partial charge in [0.2, 0.25) is 10.0 Å².